The maximum absolute atomic E-state index is 12.5. The predicted molar refractivity (Wildman–Crippen MR) is 77.8 cm³/mol. The summed E-state index contributed by atoms with van der Waals surface area (Å²) >= 11 is 6.61. The highest BCUT2D eigenvalue weighted by molar-refractivity contribution is 9.11. The number of piperidine rings is 1. The Kier molecular flexibility index (Phi) is 4.48. The molecule has 2 N–H and O–H groups in total. The first-order chi connectivity index (χ1) is 8.41. The summed E-state index contributed by atoms with van der Waals surface area (Å²) in [5.74, 6) is 0. The van der Waals surface area contributed by atoms with E-state index in [0.717, 1.165) is 17.3 Å². The maximum Gasteiger partial charge on any atom is 0.244 e. The van der Waals surface area contributed by atoms with Crippen LogP contribution in [0.3, 0.4) is 0 Å². The summed E-state index contributed by atoms with van der Waals surface area (Å²) < 4.78 is 27.8. The van der Waals surface area contributed by atoms with Crippen molar-refractivity contribution in [2.45, 2.75) is 23.8 Å². The molecule has 0 aliphatic carbocycles. The van der Waals surface area contributed by atoms with E-state index in [1.54, 1.807) is 18.2 Å². The quantitative estimate of drug-likeness (QED) is 0.832. The van der Waals surface area contributed by atoms with E-state index < -0.39 is 10.0 Å². The zero-order valence-electron chi connectivity index (χ0n) is 9.64. The van der Waals surface area contributed by atoms with Crippen LogP contribution in [0.1, 0.15) is 12.8 Å². The van der Waals surface area contributed by atoms with Crippen LogP contribution in [-0.2, 0) is 10.0 Å². The second-order valence-corrected chi connectivity index (χ2v) is 8.02. The van der Waals surface area contributed by atoms with Crippen LogP contribution in [0.2, 0.25) is 0 Å². The molecular weight excluding hydrogens is 384 g/mol. The van der Waals surface area contributed by atoms with E-state index in [1.165, 1.54) is 4.31 Å². The second kappa shape index (κ2) is 5.58. The lowest BCUT2D eigenvalue weighted by Gasteiger charge is -2.30. The topological polar surface area (TPSA) is 63.4 Å². The molecule has 100 valence electrons. The zero-order chi connectivity index (χ0) is 13.3. The van der Waals surface area contributed by atoms with Gasteiger partial charge >= 0.3 is 0 Å². The largest absolute Gasteiger partial charge is 0.327 e. The smallest absolute Gasteiger partial charge is 0.244 e. The molecule has 4 nitrogen and oxygen atoms in total. The minimum Gasteiger partial charge on any atom is -0.327 e. The molecule has 1 aliphatic heterocycles. The Morgan fingerprint density at radius 3 is 2.67 bits per heavy atom. The van der Waals surface area contributed by atoms with Gasteiger partial charge in [0.25, 0.3) is 0 Å². The fourth-order valence-corrected chi connectivity index (χ4v) is 5.26. The van der Waals surface area contributed by atoms with Crippen LogP contribution in [0.25, 0.3) is 0 Å². The molecule has 1 aliphatic rings. The zero-order valence-corrected chi connectivity index (χ0v) is 13.6. The van der Waals surface area contributed by atoms with Crippen LogP contribution in [0.15, 0.2) is 32.0 Å². The monoisotopic (exact) mass is 396 g/mol. The van der Waals surface area contributed by atoms with Crippen molar-refractivity contribution in [2.24, 2.45) is 5.73 Å². The number of halogens is 2. The van der Waals surface area contributed by atoms with Gasteiger partial charge in [-0.2, -0.15) is 4.31 Å². The van der Waals surface area contributed by atoms with Crippen LogP contribution in [-0.4, -0.2) is 31.9 Å². The lowest BCUT2D eigenvalue weighted by molar-refractivity contribution is 0.316. The first-order valence-corrected chi connectivity index (χ1v) is 8.64. The SMILES string of the molecule is NC1CCCN(S(=O)(=O)c2ccc(Br)cc2Br)C1. The van der Waals surface area contributed by atoms with Crippen molar-refractivity contribution >= 4 is 41.9 Å². The molecule has 1 saturated heterocycles. The third-order valence-electron chi connectivity index (χ3n) is 2.93. The summed E-state index contributed by atoms with van der Waals surface area (Å²) in [4.78, 5) is 0.291. The Morgan fingerprint density at radius 1 is 1.33 bits per heavy atom. The summed E-state index contributed by atoms with van der Waals surface area (Å²) in [5, 5.41) is 0. The van der Waals surface area contributed by atoms with Gasteiger partial charge in [0, 0.05) is 28.1 Å². The van der Waals surface area contributed by atoms with E-state index in [2.05, 4.69) is 31.9 Å². The average Bonchev–Trinajstić information content (AvgIpc) is 2.28. The van der Waals surface area contributed by atoms with Crippen LogP contribution in [0.5, 0.6) is 0 Å². The molecular formula is C11H14Br2N2O2S. The Labute approximate surface area is 124 Å². The molecule has 1 unspecified atom stereocenters. The fourth-order valence-electron chi connectivity index (χ4n) is 2.02. The molecule has 0 amide bonds. The van der Waals surface area contributed by atoms with Crippen molar-refractivity contribution < 1.29 is 8.42 Å². The van der Waals surface area contributed by atoms with Crippen LogP contribution in [0.4, 0.5) is 0 Å². The third-order valence-corrected chi connectivity index (χ3v) is 6.27. The van der Waals surface area contributed by atoms with Gasteiger partial charge in [0.15, 0.2) is 0 Å². The van der Waals surface area contributed by atoms with Gasteiger partial charge in [-0.1, -0.05) is 15.9 Å². The van der Waals surface area contributed by atoms with Crippen molar-refractivity contribution in [1.29, 1.82) is 0 Å². The van der Waals surface area contributed by atoms with Crippen molar-refractivity contribution in [2.75, 3.05) is 13.1 Å². The van der Waals surface area contributed by atoms with Gasteiger partial charge in [-0.25, -0.2) is 8.42 Å². The molecule has 7 heteroatoms. The molecule has 0 aromatic heterocycles. The summed E-state index contributed by atoms with van der Waals surface area (Å²) in [5.41, 5.74) is 5.84. The molecule has 0 radical (unpaired) electrons. The second-order valence-electron chi connectivity index (χ2n) is 4.34. The standard InChI is InChI=1S/C11H14Br2N2O2S/c12-8-3-4-11(10(13)6-8)18(16,17)15-5-1-2-9(14)7-15/h3-4,6,9H,1-2,5,7,14H2. The molecule has 0 spiro atoms. The highest BCUT2D eigenvalue weighted by Gasteiger charge is 2.30. The summed E-state index contributed by atoms with van der Waals surface area (Å²) in [6.07, 6.45) is 1.70. The first kappa shape index (κ1) is 14.5. The van der Waals surface area contributed by atoms with E-state index in [-0.39, 0.29) is 6.04 Å². The van der Waals surface area contributed by atoms with Gasteiger partial charge in [-0.05, 0) is 47.0 Å². The lowest BCUT2D eigenvalue weighted by Crippen LogP contribution is -2.45. The number of benzene rings is 1. The lowest BCUT2D eigenvalue weighted by atomic mass is 10.1. The highest BCUT2D eigenvalue weighted by atomic mass is 79.9. The molecule has 0 saturated carbocycles. The van der Waals surface area contributed by atoms with Crippen LogP contribution >= 0.6 is 31.9 Å². The number of nitrogens with zero attached hydrogens (tertiary/aromatic N) is 1. The van der Waals surface area contributed by atoms with E-state index in [1.807, 2.05) is 0 Å². The molecule has 1 atom stereocenters. The molecule has 0 bridgehead atoms. The molecule has 18 heavy (non-hydrogen) atoms. The summed E-state index contributed by atoms with van der Waals surface area (Å²) in [6, 6.07) is 4.99. The molecule has 1 aromatic rings. The van der Waals surface area contributed by atoms with Gasteiger partial charge in [0.1, 0.15) is 0 Å². The third kappa shape index (κ3) is 2.96. The molecule has 1 heterocycles. The summed E-state index contributed by atoms with van der Waals surface area (Å²) in [7, 11) is -3.46. The number of sulfonamides is 1. The minimum absolute atomic E-state index is 0.0669. The molecule has 2 rings (SSSR count). The Morgan fingerprint density at radius 2 is 2.06 bits per heavy atom. The first-order valence-electron chi connectivity index (χ1n) is 5.62. The maximum atomic E-state index is 12.5. The van der Waals surface area contributed by atoms with Gasteiger partial charge in [-0.15, -0.1) is 0 Å². The molecule has 1 fully saturated rings. The van der Waals surface area contributed by atoms with E-state index >= 15 is 0 Å². The van der Waals surface area contributed by atoms with E-state index in [0.29, 0.717) is 22.5 Å². The van der Waals surface area contributed by atoms with Crippen LogP contribution < -0.4 is 5.73 Å². The Bertz CT molecular complexity index is 548. The van der Waals surface area contributed by atoms with Crippen molar-refractivity contribution in [3.8, 4) is 0 Å². The van der Waals surface area contributed by atoms with Crippen molar-refractivity contribution in [3.05, 3.63) is 27.1 Å². The van der Waals surface area contributed by atoms with Gasteiger partial charge in [-0.3, -0.25) is 0 Å². The van der Waals surface area contributed by atoms with E-state index in [4.69, 9.17) is 5.73 Å². The highest BCUT2D eigenvalue weighted by Crippen LogP contribution is 2.29. The number of nitrogens with two attached hydrogens (primary N) is 1. The fraction of sp³-hybridized carbons (Fsp3) is 0.455. The van der Waals surface area contributed by atoms with Gasteiger partial charge in [0.05, 0.1) is 4.90 Å². The van der Waals surface area contributed by atoms with Crippen molar-refractivity contribution in [1.82, 2.24) is 4.31 Å². The number of hydrogen-bond acceptors (Lipinski definition) is 3. The predicted octanol–water partition coefficient (Wildman–Crippen LogP) is 2.32. The summed E-state index contributed by atoms with van der Waals surface area (Å²) in [6.45, 7) is 0.934. The Balaban J connectivity index is 2.35. The van der Waals surface area contributed by atoms with Gasteiger partial charge in [0.2, 0.25) is 10.0 Å². The van der Waals surface area contributed by atoms with Crippen molar-refractivity contribution in [3.63, 3.8) is 0 Å². The number of hydrogen-bond donors (Lipinski definition) is 1. The Hall–Kier alpha value is 0.0500. The van der Waals surface area contributed by atoms with Gasteiger partial charge < -0.3 is 5.73 Å². The number of rotatable bonds is 2. The average molecular weight is 398 g/mol. The molecule has 1 aromatic carbocycles. The van der Waals surface area contributed by atoms with E-state index in [9.17, 15) is 8.42 Å². The van der Waals surface area contributed by atoms with Crippen LogP contribution in [0, 0.1) is 0 Å². The minimum atomic E-state index is -3.46. The normalized spacial score (nSPS) is 22.1.